The molecule has 0 bridgehead atoms. The van der Waals surface area contributed by atoms with E-state index in [-0.39, 0.29) is 18.1 Å². The Morgan fingerprint density at radius 2 is 1.55 bits per heavy atom. The number of ketones is 1. The van der Waals surface area contributed by atoms with Gasteiger partial charge in [0, 0.05) is 45.8 Å². The quantitative estimate of drug-likeness (QED) is 0.323. The molecule has 7 nitrogen and oxygen atoms in total. The number of hydrogen-bond donors (Lipinski definition) is 2. The van der Waals surface area contributed by atoms with Gasteiger partial charge in [0.05, 0.1) is 19.6 Å². The summed E-state index contributed by atoms with van der Waals surface area (Å²) in [7, 11) is 0. The molecule has 4 N–H and O–H groups in total. The molecule has 0 radical (unpaired) electrons. The first-order valence-electron chi connectivity index (χ1n) is 8.00. The van der Waals surface area contributed by atoms with Crippen molar-refractivity contribution in [1.82, 2.24) is 4.90 Å². The minimum Gasteiger partial charge on any atom is -0.379 e. The van der Waals surface area contributed by atoms with E-state index in [1.54, 1.807) is 4.90 Å². The van der Waals surface area contributed by atoms with Crippen molar-refractivity contribution in [3.63, 3.8) is 0 Å². The third-order valence-electron chi connectivity index (χ3n) is 2.96. The molecule has 0 aliphatic carbocycles. The van der Waals surface area contributed by atoms with E-state index in [0.29, 0.717) is 58.8 Å². The smallest absolute Gasteiger partial charge is 0.230 e. The van der Waals surface area contributed by atoms with E-state index in [2.05, 4.69) is 6.92 Å². The molecule has 0 rings (SSSR count). The average Bonchev–Trinajstić information content (AvgIpc) is 2.49. The van der Waals surface area contributed by atoms with Crippen LogP contribution in [0.15, 0.2) is 0 Å². The molecule has 0 aromatic heterocycles. The fourth-order valence-electron chi connectivity index (χ4n) is 1.88. The minimum atomic E-state index is -0.199. The topological polar surface area (TPSA) is 108 Å². The van der Waals surface area contributed by atoms with Crippen LogP contribution < -0.4 is 11.5 Å². The Morgan fingerprint density at radius 3 is 2.09 bits per heavy atom. The van der Waals surface area contributed by atoms with Gasteiger partial charge in [-0.15, -0.1) is 0 Å². The van der Waals surface area contributed by atoms with Crippen LogP contribution in [0.1, 0.15) is 32.6 Å². The third kappa shape index (κ3) is 11.6. The van der Waals surface area contributed by atoms with Crippen molar-refractivity contribution in [1.29, 1.82) is 0 Å². The Hall–Kier alpha value is -1.02. The Bertz CT molecular complexity index is 295. The van der Waals surface area contributed by atoms with E-state index in [0.717, 1.165) is 13.0 Å². The molecule has 0 aliphatic rings. The van der Waals surface area contributed by atoms with Crippen molar-refractivity contribution in [3.8, 4) is 0 Å². The predicted octanol–water partition coefficient (Wildman–Crippen LogP) is -0.0850. The van der Waals surface area contributed by atoms with Crippen molar-refractivity contribution in [2.45, 2.75) is 32.6 Å². The Morgan fingerprint density at radius 1 is 0.955 bits per heavy atom. The van der Waals surface area contributed by atoms with Crippen molar-refractivity contribution in [2.24, 2.45) is 11.5 Å². The van der Waals surface area contributed by atoms with E-state index in [1.807, 2.05) is 0 Å². The molecule has 7 heteroatoms. The number of carbonyl (C=O) groups excluding carboxylic acids is 2. The predicted molar refractivity (Wildman–Crippen MR) is 85.5 cm³/mol. The largest absolute Gasteiger partial charge is 0.379 e. The molecule has 0 fully saturated rings. The molecule has 1 amide bonds. The van der Waals surface area contributed by atoms with E-state index in [9.17, 15) is 9.59 Å². The number of amides is 1. The van der Waals surface area contributed by atoms with Crippen LogP contribution in [-0.4, -0.2) is 69.2 Å². The van der Waals surface area contributed by atoms with Crippen LogP contribution in [0.2, 0.25) is 0 Å². The minimum absolute atomic E-state index is 0.0742. The maximum absolute atomic E-state index is 11.9. The molecule has 22 heavy (non-hydrogen) atoms. The number of ether oxygens (including phenoxy) is 2. The van der Waals surface area contributed by atoms with Crippen LogP contribution in [0, 0.1) is 0 Å². The normalized spacial score (nSPS) is 10.7. The van der Waals surface area contributed by atoms with Gasteiger partial charge in [0.2, 0.25) is 5.91 Å². The van der Waals surface area contributed by atoms with E-state index in [1.165, 1.54) is 0 Å². The molecular formula is C15H31N3O4. The first-order valence-corrected chi connectivity index (χ1v) is 8.00. The lowest BCUT2D eigenvalue weighted by molar-refractivity contribution is -0.135. The summed E-state index contributed by atoms with van der Waals surface area (Å²) < 4.78 is 10.6. The monoisotopic (exact) mass is 317 g/mol. The van der Waals surface area contributed by atoms with Gasteiger partial charge in [-0.3, -0.25) is 9.59 Å². The van der Waals surface area contributed by atoms with E-state index in [4.69, 9.17) is 20.9 Å². The number of hydrogen-bond acceptors (Lipinski definition) is 6. The fraction of sp³-hybridized carbons (Fsp3) is 0.867. The zero-order valence-corrected chi connectivity index (χ0v) is 13.7. The highest BCUT2D eigenvalue weighted by molar-refractivity contribution is 5.97. The van der Waals surface area contributed by atoms with Gasteiger partial charge < -0.3 is 25.8 Å². The first kappa shape index (κ1) is 21.0. The lowest BCUT2D eigenvalue weighted by Crippen LogP contribution is -2.39. The zero-order valence-electron chi connectivity index (χ0n) is 13.7. The highest BCUT2D eigenvalue weighted by Crippen LogP contribution is 2.00. The van der Waals surface area contributed by atoms with Crippen LogP contribution in [0.4, 0.5) is 0 Å². The summed E-state index contributed by atoms with van der Waals surface area (Å²) >= 11 is 0. The maximum Gasteiger partial charge on any atom is 0.230 e. The second kappa shape index (κ2) is 14.9. The highest BCUT2D eigenvalue weighted by Gasteiger charge is 2.15. The van der Waals surface area contributed by atoms with Crippen molar-refractivity contribution < 1.29 is 19.1 Å². The molecule has 0 heterocycles. The van der Waals surface area contributed by atoms with Gasteiger partial charge in [0.1, 0.15) is 5.78 Å². The summed E-state index contributed by atoms with van der Waals surface area (Å²) in [6.45, 7) is 6.02. The number of Topliss-reactive ketones (excluding diaryl/α,β-unsaturated/α-hetero) is 1. The van der Waals surface area contributed by atoms with E-state index >= 15 is 0 Å². The van der Waals surface area contributed by atoms with Crippen molar-refractivity contribution in [3.05, 3.63) is 0 Å². The average molecular weight is 317 g/mol. The van der Waals surface area contributed by atoms with Gasteiger partial charge in [0.25, 0.3) is 0 Å². The highest BCUT2D eigenvalue weighted by atomic mass is 16.5. The van der Waals surface area contributed by atoms with Crippen LogP contribution in [0.3, 0.4) is 0 Å². The zero-order chi connectivity index (χ0) is 16.6. The van der Waals surface area contributed by atoms with Crippen LogP contribution in [0.5, 0.6) is 0 Å². The SMILES string of the molecule is CCCOCCOCCCC(=O)CC(=O)N(CCN)CCN. The molecule has 0 saturated heterocycles. The molecule has 0 spiro atoms. The van der Waals surface area contributed by atoms with Crippen molar-refractivity contribution >= 4 is 11.7 Å². The third-order valence-corrected chi connectivity index (χ3v) is 2.96. The number of nitrogens with two attached hydrogens (primary N) is 2. The lowest BCUT2D eigenvalue weighted by atomic mass is 10.1. The van der Waals surface area contributed by atoms with Crippen LogP contribution in [0.25, 0.3) is 0 Å². The molecule has 130 valence electrons. The summed E-state index contributed by atoms with van der Waals surface area (Å²) in [5, 5.41) is 0. The Labute approximate surface area is 133 Å². The molecule has 0 aromatic carbocycles. The fourth-order valence-corrected chi connectivity index (χ4v) is 1.88. The number of carbonyl (C=O) groups is 2. The van der Waals surface area contributed by atoms with Gasteiger partial charge in [-0.1, -0.05) is 6.92 Å². The van der Waals surface area contributed by atoms with Gasteiger partial charge in [-0.05, 0) is 12.8 Å². The summed E-state index contributed by atoms with van der Waals surface area (Å²) in [5.74, 6) is -0.273. The summed E-state index contributed by atoms with van der Waals surface area (Å²) in [4.78, 5) is 25.2. The second-order valence-corrected chi connectivity index (χ2v) is 5.00. The van der Waals surface area contributed by atoms with Gasteiger partial charge in [0.15, 0.2) is 0 Å². The second-order valence-electron chi connectivity index (χ2n) is 5.00. The molecule has 0 aromatic rings. The number of rotatable bonds is 15. The first-order chi connectivity index (χ1) is 10.7. The van der Waals surface area contributed by atoms with Gasteiger partial charge in [-0.2, -0.15) is 0 Å². The Kier molecular flexibility index (Phi) is 14.2. The van der Waals surface area contributed by atoms with Crippen LogP contribution >= 0.6 is 0 Å². The lowest BCUT2D eigenvalue weighted by Gasteiger charge is -2.20. The Balaban J connectivity index is 3.68. The summed E-state index contributed by atoms with van der Waals surface area (Å²) in [6, 6.07) is 0. The molecule has 0 aliphatic heterocycles. The molecule has 0 saturated carbocycles. The van der Waals surface area contributed by atoms with Gasteiger partial charge in [-0.25, -0.2) is 0 Å². The summed E-state index contributed by atoms with van der Waals surface area (Å²) in [5.41, 5.74) is 10.9. The molecule has 0 unspecified atom stereocenters. The molecular weight excluding hydrogens is 286 g/mol. The van der Waals surface area contributed by atoms with Gasteiger partial charge >= 0.3 is 0 Å². The van der Waals surface area contributed by atoms with Crippen LogP contribution in [-0.2, 0) is 19.1 Å². The standard InChI is InChI=1S/C15H31N3O4/c1-2-9-21-11-12-22-10-3-4-14(19)13-15(20)18(7-5-16)8-6-17/h2-13,16-17H2,1H3. The van der Waals surface area contributed by atoms with Crippen molar-refractivity contribution in [2.75, 3.05) is 52.6 Å². The summed E-state index contributed by atoms with van der Waals surface area (Å²) in [6.07, 6.45) is 1.88. The molecule has 0 atom stereocenters. The maximum atomic E-state index is 11.9. The number of nitrogens with zero attached hydrogens (tertiary/aromatic N) is 1. The van der Waals surface area contributed by atoms with E-state index < -0.39 is 0 Å².